The normalized spacial score (nSPS) is 10.9. The van der Waals surface area contributed by atoms with E-state index in [0.717, 1.165) is 15.8 Å². The zero-order valence-electron chi connectivity index (χ0n) is 10.8. The van der Waals surface area contributed by atoms with Crippen LogP contribution in [0.2, 0.25) is 0 Å². The van der Waals surface area contributed by atoms with E-state index in [4.69, 9.17) is 5.84 Å². The molecule has 0 aliphatic carbocycles. The van der Waals surface area contributed by atoms with E-state index >= 15 is 0 Å². The van der Waals surface area contributed by atoms with Crippen LogP contribution in [0.25, 0.3) is 10.2 Å². The molecule has 7 heteroatoms. The van der Waals surface area contributed by atoms with Crippen molar-refractivity contribution in [3.05, 3.63) is 51.5 Å². The second-order valence-electron chi connectivity index (χ2n) is 4.44. The summed E-state index contributed by atoms with van der Waals surface area (Å²) in [6, 6.07) is 5.38. The van der Waals surface area contributed by atoms with Gasteiger partial charge < -0.3 is 9.99 Å². The molecule has 0 amide bonds. The van der Waals surface area contributed by atoms with E-state index in [0.29, 0.717) is 18.2 Å². The minimum atomic E-state index is -0.0675. The highest BCUT2D eigenvalue weighted by Crippen LogP contribution is 2.24. The van der Waals surface area contributed by atoms with Crippen molar-refractivity contribution in [1.82, 2.24) is 14.5 Å². The van der Waals surface area contributed by atoms with Crippen LogP contribution in [0.1, 0.15) is 11.4 Å². The maximum Gasteiger partial charge on any atom is 0.251 e. The Morgan fingerprint density at radius 3 is 3.00 bits per heavy atom. The smallest absolute Gasteiger partial charge is 0.251 e. The number of hydrogen-bond donors (Lipinski definition) is 2. The van der Waals surface area contributed by atoms with Gasteiger partial charge in [-0.1, -0.05) is 0 Å². The third-order valence-electron chi connectivity index (χ3n) is 2.97. The Bertz CT molecular complexity index is 823. The molecule has 6 nitrogen and oxygen atoms in total. The summed E-state index contributed by atoms with van der Waals surface area (Å²) in [5.74, 6) is 6.61. The second kappa shape index (κ2) is 5.03. The fourth-order valence-corrected chi connectivity index (χ4v) is 2.75. The van der Waals surface area contributed by atoms with Gasteiger partial charge in [-0.2, -0.15) is 0 Å². The highest BCUT2D eigenvalue weighted by molar-refractivity contribution is 7.16. The average molecular weight is 287 g/mol. The summed E-state index contributed by atoms with van der Waals surface area (Å²) >= 11 is 1.51. The number of nitrogens with one attached hydrogen (secondary N) is 1. The largest absolute Gasteiger partial charge is 0.308 e. The Labute approximate surface area is 118 Å². The number of hydrazine groups is 1. The Hall–Kier alpha value is -2.25. The topological polar surface area (TPSA) is 85.8 Å². The first-order chi connectivity index (χ1) is 9.67. The van der Waals surface area contributed by atoms with E-state index in [1.54, 1.807) is 16.8 Å². The number of aryl methyl sites for hydroxylation is 1. The predicted octanol–water partition coefficient (Wildman–Crippen LogP) is 1.50. The predicted molar refractivity (Wildman–Crippen MR) is 79.8 cm³/mol. The van der Waals surface area contributed by atoms with Gasteiger partial charge in [-0.15, -0.1) is 11.3 Å². The van der Waals surface area contributed by atoms with E-state index in [1.807, 2.05) is 24.4 Å². The summed E-state index contributed by atoms with van der Waals surface area (Å²) in [6.07, 6.45) is 1.75. The molecule has 0 saturated heterocycles. The van der Waals surface area contributed by atoms with Crippen LogP contribution in [0, 0.1) is 6.92 Å². The number of anilines is 1. The molecule has 3 aromatic rings. The summed E-state index contributed by atoms with van der Waals surface area (Å²) in [5, 5.41) is 2.82. The molecule has 0 spiro atoms. The summed E-state index contributed by atoms with van der Waals surface area (Å²) in [6.45, 7) is 2.21. The zero-order chi connectivity index (χ0) is 14.1. The Balaban J connectivity index is 2.04. The number of nitrogen functional groups attached to an aromatic ring is 1. The van der Waals surface area contributed by atoms with Crippen LogP contribution in [0.3, 0.4) is 0 Å². The molecular weight excluding hydrogens is 274 g/mol. The SMILES string of the molecule is Cc1ccn(Cc2nc(NN)c3ccsc3n2)c(=O)c1. The first kappa shape index (κ1) is 12.8. The van der Waals surface area contributed by atoms with Gasteiger partial charge >= 0.3 is 0 Å². The van der Waals surface area contributed by atoms with Gasteiger partial charge in [-0.25, -0.2) is 15.8 Å². The van der Waals surface area contributed by atoms with Crippen LogP contribution >= 0.6 is 11.3 Å². The maximum absolute atomic E-state index is 11.9. The number of thiophene rings is 1. The lowest BCUT2D eigenvalue weighted by atomic mass is 10.3. The lowest BCUT2D eigenvalue weighted by Crippen LogP contribution is -2.21. The number of nitrogens with zero attached hydrogens (tertiary/aromatic N) is 3. The van der Waals surface area contributed by atoms with Crippen LogP contribution in [-0.4, -0.2) is 14.5 Å². The van der Waals surface area contributed by atoms with E-state index in [9.17, 15) is 4.79 Å². The number of pyridine rings is 1. The molecule has 0 radical (unpaired) electrons. The van der Waals surface area contributed by atoms with Gasteiger partial charge in [0.1, 0.15) is 4.83 Å². The summed E-state index contributed by atoms with van der Waals surface area (Å²) in [4.78, 5) is 21.5. The monoisotopic (exact) mass is 287 g/mol. The summed E-state index contributed by atoms with van der Waals surface area (Å²) in [7, 11) is 0. The van der Waals surface area contributed by atoms with Gasteiger partial charge in [0.25, 0.3) is 5.56 Å². The molecule has 0 saturated carbocycles. The van der Waals surface area contributed by atoms with Crippen molar-refractivity contribution in [3.63, 3.8) is 0 Å². The minimum Gasteiger partial charge on any atom is -0.308 e. The molecule has 3 heterocycles. The summed E-state index contributed by atoms with van der Waals surface area (Å²) < 4.78 is 1.57. The van der Waals surface area contributed by atoms with Gasteiger partial charge in [0, 0.05) is 12.3 Å². The van der Waals surface area contributed by atoms with Gasteiger partial charge in [0.15, 0.2) is 11.6 Å². The Morgan fingerprint density at radius 1 is 1.40 bits per heavy atom. The van der Waals surface area contributed by atoms with Crippen LogP contribution in [-0.2, 0) is 6.54 Å². The van der Waals surface area contributed by atoms with Gasteiger partial charge in [0.05, 0.1) is 11.9 Å². The van der Waals surface area contributed by atoms with Crippen LogP contribution in [0.5, 0.6) is 0 Å². The molecule has 0 unspecified atom stereocenters. The average Bonchev–Trinajstić information content (AvgIpc) is 2.89. The molecule has 0 aliphatic rings. The third-order valence-corrected chi connectivity index (χ3v) is 3.78. The molecule has 3 aromatic heterocycles. The number of rotatable bonds is 3. The third kappa shape index (κ3) is 2.28. The molecule has 0 aliphatic heterocycles. The Kier molecular flexibility index (Phi) is 3.21. The van der Waals surface area contributed by atoms with Gasteiger partial charge in [0.2, 0.25) is 0 Å². The molecule has 20 heavy (non-hydrogen) atoms. The van der Waals surface area contributed by atoms with Crippen molar-refractivity contribution < 1.29 is 0 Å². The standard InChI is InChI=1S/C13H13N5OS/c1-8-2-4-18(11(19)6-8)7-10-15-12(17-14)9-3-5-20-13(9)16-10/h2-6H,7,14H2,1H3,(H,15,16,17). The van der Waals surface area contributed by atoms with Crippen LogP contribution in [0.15, 0.2) is 34.6 Å². The van der Waals surface area contributed by atoms with Crippen molar-refractivity contribution in [1.29, 1.82) is 0 Å². The molecule has 0 aromatic carbocycles. The number of fused-ring (bicyclic) bond motifs is 1. The first-order valence-corrected chi connectivity index (χ1v) is 6.93. The highest BCUT2D eigenvalue weighted by atomic mass is 32.1. The van der Waals surface area contributed by atoms with Crippen molar-refractivity contribution in [2.24, 2.45) is 5.84 Å². The minimum absolute atomic E-state index is 0.0675. The number of nitrogens with two attached hydrogens (primary N) is 1. The lowest BCUT2D eigenvalue weighted by Gasteiger charge is -2.07. The highest BCUT2D eigenvalue weighted by Gasteiger charge is 2.09. The molecular formula is C13H13N5OS. The molecule has 0 atom stereocenters. The quantitative estimate of drug-likeness (QED) is 0.563. The van der Waals surface area contributed by atoms with E-state index in [2.05, 4.69) is 15.4 Å². The van der Waals surface area contributed by atoms with E-state index in [-0.39, 0.29) is 5.56 Å². The lowest BCUT2D eigenvalue weighted by molar-refractivity contribution is 0.718. The number of aromatic nitrogens is 3. The second-order valence-corrected chi connectivity index (χ2v) is 5.34. The maximum atomic E-state index is 11.9. The van der Waals surface area contributed by atoms with Gasteiger partial charge in [-0.3, -0.25) is 4.79 Å². The first-order valence-electron chi connectivity index (χ1n) is 6.05. The molecule has 0 bridgehead atoms. The Morgan fingerprint density at radius 2 is 2.25 bits per heavy atom. The summed E-state index contributed by atoms with van der Waals surface area (Å²) in [5.41, 5.74) is 3.44. The van der Waals surface area contributed by atoms with Crippen molar-refractivity contribution in [2.75, 3.05) is 5.43 Å². The fraction of sp³-hybridized carbons (Fsp3) is 0.154. The van der Waals surface area contributed by atoms with Crippen molar-refractivity contribution in [2.45, 2.75) is 13.5 Å². The van der Waals surface area contributed by atoms with Crippen LogP contribution < -0.4 is 16.8 Å². The van der Waals surface area contributed by atoms with Crippen LogP contribution in [0.4, 0.5) is 5.82 Å². The van der Waals surface area contributed by atoms with E-state index in [1.165, 1.54) is 11.3 Å². The number of hydrogen-bond acceptors (Lipinski definition) is 6. The van der Waals surface area contributed by atoms with Crippen molar-refractivity contribution >= 4 is 27.4 Å². The van der Waals surface area contributed by atoms with Gasteiger partial charge in [-0.05, 0) is 30.0 Å². The molecule has 102 valence electrons. The van der Waals surface area contributed by atoms with E-state index < -0.39 is 0 Å². The molecule has 0 fully saturated rings. The molecule has 3 N–H and O–H groups in total. The fourth-order valence-electron chi connectivity index (χ4n) is 1.97. The zero-order valence-corrected chi connectivity index (χ0v) is 11.6. The van der Waals surface area contributed by atoms with Crippen molar-refractivity contribution in [3.8, 4) is 0 Å². The molecule has 3 rings (SSSR count).